The van der Waals surface area contributed by atoms with Crippen molar-refractivity contribution in [3.05, 3.63) is 29.3 Å². The molecule has 0 spiro atoms. The Bertz CT molecular complexity index is 510. The molecule has 0 fully saturated rings. The number of aryl methyl sites for hydroxylation is 1. The first-order chi connectivity index (χ1) is 9.61. The van der Waals surface area contributed by atoms with Crippen LogP contribution in [-0.2, 0) is 22.4 Å². The Balaban J connectivity index is 1.96. The number of carboxylic acids is 1. The number of carbonyl (C=O) groups excluding carboxylic acids is 1. The van der Waals surface area contributed by atoms with Crippen molar-refractivity contribution in [1.82, 2.24) is 0 Å². The van der Waals surface area contributed by atoms with E-state index in [1.54, 1.807) is 0 Å². The number of carbonyl (C=O) groups is 2. The van der Waals surface area contributed by atoms with Gasteiger partial charge < -0.3 is 10.0 Å². The first-order valence-electron chi connectivity index (χ1n) is 7.25. The summed E-state index contributed by atoms with van der Waals surface area (Å²) in [7, 11) is 0. The SMILES string of the molecule is CCC(=O)N1CCc2cc(CCCCC(=O)O)ccc21. The maximum absolute atomic E-state index is 11.8. The molecule has 1 heterocycles. The molecule has 4 heteroatoms. The molecule has 0 unspecified atom stereocenters. The zero-order valence-electron chi connectivity index (χ0n) is 11.9. The maximum atomic E-state index is 11.8. The molecule has 20 heavy (non-hydrogen) atoms. The molecule has 0 saturated heterocycles. The summed E-state index contributed by atoms with van der Waals surface area (Å²) in [4.78, 5) is 24.1. The lowest BCUT2D eigenvalue weighted by molar-refractivity contribution is -0.137. The average molecular weight is 275 g/mol. The van der Waals surface area contributed by atoms with Gasteiger partial charge >= 0.3 is 5.97 Å². The van der Waals surface area contributed by atoms with E-state index in [1.165, 1.54) is 11.1 Å². The van der Waals surface area contributed by atoms with Crippen LogP contribution in [0.25, 0.3) is 0 Å². The highest BCUT2D eigenvalue weighted by molar-refractivity contribution is 5.95. The molecular formula is C16H21NO3. The molecule has 0 radical (unpaired) electrons. The monoisotopic (exact) mass is 275 g/mol. The molecule has 1 amide bonds. The quantitative estimate of drug-likeness (QED) is 0.812. The first kappa shape index (κ1) is 14.6. The number of amides is 1. The number of fused-ring (bicyclic) bond motifs is 1. The van der Waals surface area contributed by atoms with Crippen LogP contribution in [0.4, 0.5) is 5.69 Å². The fourth-order valence-electron chi connectivity index (χ4n) is 2.67. The zero-order chi connectivity index (χ0) is 14.5. The van der Waals surface area contributed by atoms with Crippen LogP contribution in [0.2, 0.25) is 0 Å². The van der Waals surface area contributed by atoms with E-state index in [0.717, 1.165) is 31.5 Å². The van der Waals surface area contributed by atoms with Crippen LogP contribution in [-0.4, -0.2) is 23.5 Å². The summed E-state index contributed by atoms with van der Waals surface area (Å²) in [6.45, 7) is 2.67. The number of nitrogens with zero attached hydrogens (tertiary/aromatic N) is 1. The van der Waals surface area contributed by atoms with Crippen molar-refractivity contribution < 1.29 is 14.7 Å². The predicted molar refractivity (Wildman–Crippen MR) is 78.0 cm³/mol. The van der Waals surface area contributed by atoms with Crippen LogP contribution < -0.4 is 4.90 Å². The third-order valence-electron chi connectivity index (χ3n) is 3.75. The lowest BCUT2D eigenvalue weighted by Crippen LogP contribution is -2.27. The highest BCUT2D eigenvalue weighted by Crippen LogP contribution is 2.29. The van der Waals surface area contributed by atoms with Crippen molar-refractivity contribution in [2.75, 3.05) is 11.4 Å². The Morgan fingerprint density at radius 1 is 1.30 bits per heavy atom. The summed E-state index contributed by atoms with van der Waals surface area (Å²) < 4.78 is 0. The summed E-state index contributed by atoms with van der Waals surface area (Å²) in [6, 6.07) is 6.25. The van der Waals surface area contributed by atoms with Gasteiger partial charge in [0.2, 0.25) is 5.91 Å². The fraction of sp³-hybridized carbons (Fsp3) is 0.500. The first-order valence-corrected chi connectivity index (χ1v) is 7.25. The Morgan fingerprint density at radius 3 is 2.80 bits per heavy atom. The van der Waals surface area contributed by atoms with Crippen molar-refractivity contribution in [3.63, 3.8) is 0 Å². The molecule has 1 aliphatic heterocycles. The van der Waals surface area contributed by atoms with E-state index in [-0.39, 0.29) is 12.3 Å². The van der Waals surface area contributed by atoms with Crippen LogP contribution in [0.1, 0.15) is 43.7 Å². The van der Waals surface area contributed by atoms with Crippen molar-refractivity contribution >= 4 is 17.6 Å². The molecule has 1 aliphatic rings. The number of aliphatic carboxylic acids is 1. The minimum Gasteiger partial charge on any atom is -0.481 e. The van der Waals surface area contributed by atoms with E-state index in [9.17, 15) is 9.59 Å². The van der Waals surface area contributed by atoms with E-state index in [0.29, 0.717) is 12.8 Å². The van der Waals surface area contributed by atoms with Gasteiger partial charge in [0.25, 0.3) is 0 Å². The number of benzene rings is 1. The van der Waals surface area contributed by atoms with Crippen LogP contribution in [0.15, 0.2) is 18.2 Å². The third kappa shape index (κ3) is 3.38. The molecule has 1 aromatic rings. The zero-order valence-corrected chi connectivity index (χ0v) is 11.9. The van der Waals surface area contributed by atoms with E-state index < -0.39 is 5.97 Å². The smallest absolute Gasteiger partial charge is 0.303 e. The summed E-state index contributed by atoms with van der Waals surface area (Å²) in [6.07, 6.45) is 4.21. The Labute approximate surface area is 119 Å². The normalized spacial score (nSPS) is 13.3. The Morgan fingerprint density at radius 2 is 2.10 bits per heavy atom. The third-order valence-corrected chi connectivity index (χ3v) is 3.75. The standard InChI is InChI=1S/C16H21NO3/c1-2-15(18)17-10-9-13-11-12(7-8-14(13)17)5-3-4-6-16(19)20/h7-8,11H,2-6,9-10H2,1H3,(H,19,20). The molecular weight excluding hydrogens is 254 g/mol. The molecule has 1 N–H and O–H groups in total. The van der Waals surface area contributed by atoms with Gasteiger partial charge in [-0.25, -0.2) is 0 Å². The summed E-state index contributed by atoms with van der Waals surface area (Å²) in [5.41, 5.74) is 3.52. The minimum absolute atomic E-state index is 0.179. The molecule has 2 rings (SSSR count). The largest absolute Gasteiger partial charge is 0.481 e. The topological polar surface area (TPSA) is 57.6 Å². The van der Waals surface area contributed by atoms with Gasteiger partial charge in [-0.3, -0.25) is 9.59 Å². The summed E-state index contributed by atoms with van der Waals surface area (Å²) in [5.74, 6) is -0.550. The van der Waals surface area contributed by atoms with Crippen LogP contribution in [0.5, 0.6) is 0 Å². The molecule has 1 aromatic carbocycles. The number of hydrogen-bond donors (Lipinski definition) is 1. The van der Waals surface area contributed by atoms with Gasteiger partial charge in [-0.1, -0.05) is 19.1 Å². The molecule has 4 nitrogen and oxygen atoms in total. The molecule has 0 aromatic heterocycles. The highest BCUT2D eigenvalue weighted by Gasteiger charge is 2.23. The van der Waals surface area contributed by atoms with E-state index in [4.69, 9.17) is 5.11 Å². The van der Waals surface area contributed by atoms with Crippen molar-refractivity contribution in [2.45, 2.75) is 45.4 Å². The van der Waals surface area contributed by atoms with E-state index in [2.05, 4.69) is 12.1 Å². The van der Waals surface area contributed by atoms with Crippen LogP contribution >= 0.6 is 0 Å². The summed E-state index contributed by atoms with van der Waals surface area (Å²) in [5, 5.41) is 8.60. The van der Waals surface area contributed by atoms with Gasteiger partial charge in [-0.2, -0.15) is 0 Å². The van der Waals surface area contributed by atoms with Gasteiger partial charge in [0.1, 0.15) is 0 Å². The second kappa shape index (κ2) is 6.55. The second-order valence-electron chi connectivity index (χ2n) is 5.21. The lowest BCUT2D eigenvalue weighted by atomic mass is 10.0. The lowest BCUT2D eigenvalue weighted by Gasteiger charge is -2.16. The van der Waals surface area contributed by atoms with E-state index in [1.807, 2.05) is 17.9 Å². The van der Waals surface area contributed by atoms with Crippen molar-refractivity contribution in [1.29, 1.82) is 0 Å². The molecule has 0 bridgehead atoms. The number of rotatable bonds is 6. The predicted octanol–water partition coefficient (Wildman–Crippen LogP) is 2.78. The van der Waals surface area contributed by atoms with Crippen molar-refractivity contribution in [3.8, 4) is 0 Å². The van der Waals surface area contributed by atoms with Crippen molar-refractivity contribution in [2.24, 2.45) is 0 Å². The number of unbranched alkanes of at least 4 members (excludes halogenated alkanes) is 1. The maximum Gasteiger partial charge on any atom is 0.303 e. The Hall–Kier alpha value is -1.84. The summed E-state index contributed by atoms with van der Waals surface area (Å²) >= 11 is 0. The van der Waals surface area contributed by atoms with Gasteiger partial charge in [-0.05, 0) is 42.9 Å². The average Bonchev–Trinajstić information content (AvgIpc) is 2.85. The van der Waals surface area contributed by atoms with Gasteiger partial charge in [0.15, 0.2) is 0 Å². The Kier molecular flexibility index (Phi) is 4.77. The molecule has 0 aliphatic carbocycles. The molecule has 0 saturated carbocycles. The number of anilines is 1. The molecule has 108 valence electrons. The number of hydrogen-bond acceptors (Lipinski definition) is 2. The minimum atomic E-state index is -0.729. The second-order valence-corrected chi connectivity index (χ2v) is 5.21. The van der Waals surface area contributed by atoms with E-state index >= 15 is 0 Å². The van der Waals surface area contributed by atoms with Gasteiger partial charge in [0, 0.05) is 25.1 Å². The fourth-order valence-corrected chi connectivity index (χ4v) is 2.67. The molecule has 0 atom stereocenters. The highest BCUT2D eigenvalue weighted by atomic mass is 16.4. The van der Waals surface area contributed by atoms with Gasteiger partial charge in [-0.15, -0.1) is 0 Å². The number of carboxylic acid groups (broad SMARTS) is 1. The van der Waals surface area contributed by atoms with Crippen LogP contribution in [0, 0.1) is 0 Å². The van der Waals surface area contributed by atoms with Crippen LogP contribution in [0.3, 0.4) is 0 Å². The van der Waals surface area contributed by atoms with Gasteiger partial charge in [0.05, 0.1) is 0 Å².